The van der Waals surface area contributed by atoms with Gasteiger partial charge in [-0.3, -0.25) is 0 Å². The molecule has 0 atom stereocenters. The molecule has 5 heteroatoms. The van der Waals surface area contributed by atoms with E-state index in [0.717, 1.165) is 11.3 Å². The number of hydrogen-bond acceptors (Lipinski definition) is 4. The van der Waals surface area contributed by atoms with Gasteiger partial charge in [0.2, 0.25) is 0 Å². The van der Waals surface area contributed by atoms with Gasteiger partial charge in [0.1, 0.15) is 5.69 Å². The molecule has 1 N–H and O–H groups in total. The lowest BCUT2D eigenvalue weighted by atomic mass is 10.2. The van der Waals surface area contributed by atoms with Crippen LogP contribution in [0.4, 0.5) is 5.69 Å². The molecule has 1 heterocycles. The fraction of sp³-hybridized carbons (Fsp3) is 0.143. The molecule has 0 saturated heterocycles. The summed E-state index contributed by atoms with van der Waals surface area (Å²) in [6.07, 6.45) is 1.60. The van der Waals surface area contributed by atoms with Crippen LogP contribution in [-0.4, -0.2) is 18.1 Å². The predicted octanol–water partition coefficient (Wildman–Crippen LogP) is 3.13. The highest BCUT2D eigenvalue weighted by atomic mass is 35.5. The van der Waals surface area contributed by atoms with E-state index in [-0.39, 0.29) is 0 Å². The lowest BCUT2D eigenvalue weighted by molar-refractivity contribution is 0.0594. The minimum Gasteiger partial charge on any atom is -0.464 e. The summed E-state index contributed by atoms with van der Waals surface area (Å²) in [7, 11) is 1.33. The fourth-order valence-corrected chi connectivity index (χ4v) is 1.66. The molecule has 0 bridgehead atoms. The van der Waals surface area contributed by atoms with E-state index in [2.05, 4.69) is 15.0 Å². The van der Waals surface area contributed by atoms with E-state index in [9.17, 15) is 4.79 Å². The van der Waals surface area contributed by atoms with Crippen molar-refractivity contribution in [3.05, 3.63) is 58.9 Å². The summed E-state index contributed by atoms with van der Waals surface area (Å²) >= 11 is 5.82. The van der Waals surface area contributed by atoms with Gasteiger partial charge in [0, 0.05) is 11.6 Å². The Kier molecular flexibility index (Phi) is 4.36. The van der Waals surface area contributed by atoms with Crippen molar-refractivity contribution in [3.8, 4) is 0 Å². The van der Waals surface area contributed by atoms with E-state index in [4.69, 9.17) is 11.6 Å². The van der Waals surface area contributed by atoms with Crippen LogP contribution in [0, 0.1) is 0 Å². The molecule has 2 aromatic rings. The molecule has 1 aromatic carbocycles. The lowest BCUT2D eigenvalue weighted by Gasteiger charge is -2.06. The van der Waals surface area contributed by atoms with E-state index >= 15 is 0 Å². The van der Waals surface area contributed by atoms with E-state index < -0.39 is 5.97 Å². The van der Waals surface area contributed by atoms with Crippen LogP contribution in [0.1, 0.15) is 16.1 Å². The summed E-state index contributed by atoms with van der Waals surface area (Å²) in [5.74, 6) is -0.441. The fourth-order valence-electron chi connectivity index (χ4n) is 1.53. The maximum atomic E-state index is 11.2. The number of methoxy groups -OCH3 is 1. The molecule has 1 aromatic heterocycles. The average Bonchev–Trinajstić information content (AvgIpc) is 2.46. The van der Waals surface area contributed by atoms with Crippen molar-refractivity contribution in [2.45, 2.75) is 6.54 Å². The largest absolute Gasteiger partial charge is 0.464 e. The number of halogens is 1. The number of hydrogen-bond donors (Lipinski definition) is 1. The number of nitrogens with zero attached hydrogens (tertiary/aromatic N) is 1. The first-order valence-electron chi connectivity index (χ1n) is 5.72. The number of nitrogens with one attached hydrogen (secondary N) is 1. The molecular formula is C14H13ClN2O2. The highest BCUT2D eigenvalue weighted by Gasteiger charge is 2.05. The molecule has 0 aliphatic carbocycles. The van der Waals surface area contributed by atoms with Crippen molar-refractivity contribution in [2.24, 2.45) is 0 Å². The van der Waals surface area contributed by atoms with Crippen molar-refractivity contribution in [1.82, 2.24) is 4.98 Å². The Balaban J connectivity index is 1.96. The third-order valence-corrected chi connectivity index (χ3v) is 2.82. The molecule has 0 aliphatic heterocycles. The quantitative estimate of drug-likeness (QED) is 0.872. The van der Waals surface area contributed by atoms with Crippen LogP contribution in [0.3, 0.4) is 0 Å². The minimum absolute atomic E-state index is 0.291. The number of ether oxygens (including phenoxy) is 1. The average molecular weight is 277 g/mol. The zero-order valence-electron chi connectivity index (χ0n) is 10.4. The molecule has 19 heavy (non-hydrogen) atoms. The number of carbonyl (C=O) groups is 1. The highest BCUT2D eigenvalue weighted by molar-refractivity contribution is 6.30. The van der Waals surface area contributed by atoms with Crippen LogP contribution in [0.2, 0.25) is 5.02 Å². The first kappa shape index (κ1) is 13.4. The van der Waals surface area contributed by atoms with Crippen LogP contribution < -0.4 is 5.32 Å². The number of benzene rings is 1. The Morgan fingerprint density at radius 3 is 2.58 bits per heavy atom. The van der Waals surface area contributed by atoms with Gasteiger partial charge in [-0.25, -0.2) is 9.78 Å². The van der Waals surface area contributed by atoms with Gasteiger partial charge in [-0.05, 0) is 29.8 Å². The van der Waals surface area contributed by atoms with Crippen molar-refractivity contribution in [1.29, 1.82) is 0 Å². The van der Waals surface area contributed by atoms with E-state index in [1.165, 1.54) is 7.11 Å². The maximum Gasteiger partial charge on any atom is 0.356 e. The smallest absolute Gasteiger partial charge is 0.356 e. The molecular weight excluding hydrogens is 264 g/mol. The van der Waals surface area contributed by atoms with Gasteiger partial charge in [0.05, 0.1) is 19.0 Å². The SMILES string of the molecule is COC(=O)c1ccc(NCc2ccc(Cl)cc2)cn1. The minimum atomic E-state index is -0.441. The standard InChI is InChI=1S/C14H13ClN2O2/c1-19-14(18)13-7-6-12(9-17-13)16-8-10-2-4-11(15)5-3-10/h2-7,9,16H,8H2,1H3. The number of pyridine rings is 1. The van der Waals surface area contributed by atoms with Gasteiger partial charge < -0.3 is 10.1 Å². The Hall–Kier alpha value is -2.07. The van der Waals surface area contributed by atoms with Crippen LogP contribution in [0.25, 0.3) is 0 Å². The number of carbonyl (C=O) groups excluding carboxylic acids is 1. The lowest BCUT2D eigenvalue weighted by Crippen LogP contribution is -2.05. The van der Waals surface area contributed by atoms with Crippen LogP contribution in [-0.2, 0) is 11.3 Å². The first-order chi connectivity index (χ1) is 9.19. The van der Waals surface area contributed by atoms with Crippen LogP contribution >= 0.6 is 11.6 Å². The number of esters is 1. The third-order valence-electron chi connectivity index (χ3n) is 2.57. The Labute approximate surface area is 116 Å². The van der Waals surface area contributed by atoms with Gasteiger partial charge >= 0.3 is 5.97 Å². The molecule has 0 spiro atoms. The second-order valence-corrected chi connectivity index (χ2v) is 4.34. The highest BCUT2D eigenvalue weighted by Crippen LogP contribution is 2.12. The summed E-state index contributed by atoms with van der Waals surface area (Å²) in [5.41, 5.74) is 2.24. The van der Waals surface area contributed by atoms with Crippen molar-refractivity contribution >= 4 is 23.3 Å². The van der Waals surface area contributed by atoms with Gasteiger partial charge in [0.15, 0.2) is 0 Å². The first-order valence-corrected chi connectivity index (χ1v) is 6.09. The van der Waals surface area contributed by atoms with E-state index in [1.54, 1.807) is 18.3 Å². The van der Waals surface area contributed by atoms with E-state index in [0.29, 0.717) is 17.3 Å². The normalized spacial score (nSPS) is 10.0. The van der Waals surface area contributed by atoms with Gasteiger partial charge in [-0.2, -0.15) is 0 Å². The molecule has 2 rings (SSSR count). The zero-order chi connectivity index (χ0) is 13.7. The summed E-state index contributed by atoms with van der Waals surface area (Å²) < 4.78 is 4.58. The third kappa shape index (κ3) is 3.69. The maximum absolute atomic E-state index is 11.2. The Morgan fingerprint density at radius 1 is 1.26 bits per heavy atom. The summed E-state index contributed by atoms with van der Waals surface area (Å²) in [5, 5.41) is 3.92. The number of rotatable bonds is 4. The van der Waals surface area contributed by atoms with Gasteiger partial charge in [-0.1, -0.05) is 23.7 Å². The molecule has 0 amide bonds. The molecule has 0 saturated carbocycles. The zero-order valence-corrected chi connectivity index (χ0v) is 11.1. The second kappa shape index (κ2) is 6.20. The predicted molar refractivity (Wildman–Crippen MR) is 74.4 cm³/mol. The molecule has 4 nitrogen and oxygen atoms in total. The van der Waals surface area contributed by atoms with E-state index in [1.807, 2.05) is 24.3 Å². The molecule has 0 fully saturated rings. The van der Waals surface area contributed by atoms with Crippen molar-refractivity contribution < 1.29 is 9.53 Å². The number of anilines is 1. The Morgan fingerprint density at radius 2 is 2.00 bits per heavy atom. The topological polar surface area (TPSA) is 51.2 Å². The monoisotopic (exact) mass is 276 g/mol. The number of aromatic nitrogens is 1. The Bertz CT molecular complexity index is 553. The van der Waals surface area contributed by atoms with Crippen molar-refractivity contribution in [2.75, 3.05) is 12.4 Å². The van der Waals surface area contributed by atoms with Crippen molar-refractivity contribution in [3.63, 3.8) is 0 Å². The summed E-state index contributed by atoms with van der Waals surface area (Å²) in [4.78, 5) is 15.2. The van der Waals surface area contributed by atoms with Crippen LogP contribution in [0.15, 0.2) is 42.6 Å². The van der Waals surface area contributed by atoms with Gasteiger partial charge in [0.25, 0.3) is 0 Å². The summed E-state index contributed by atoms with van der Waals surface area (Å²) in [6, 6.07) is 11.0. The second-order valence-electron chi connectivity index (χ2n) is 3.90. The molecule has 0 unspecified atom stereocenters. The van der Waals surface area contributed by atoms with Crippen LogP contribution in [0.5, 0.6) is 0 Å². The molecule has 0 radical (unpaired) electrons. The molecule has 98 valence electrons. The molecule has 0 aliphatic rings. The van der Waals surface area contributed by atoms with Gasteiger partial charge in [-0.15, -0.1) is 0 Å². The summed E-state index contributed by atoms with van der Waals surface area (Å²) in [6.45, 7) is 0.663.